The minimum Gasteiger partial charge on any atom is -0.334 e. The molecule has 1 amide bonds. The highest BCUT2D eigenvalue weighted by Crippen LogP contribution is 2.38. The maximum Gasteiger partial charge on any atom is 0.259 e. The lowest BCUT2D eigenvalue weighted by Crippen LogP contribution is -2.44. The van der Waals surface area contributed by atoms with E-state index >= 15 is 0 Å². The summed E-state index contributed by atoms with van der Waals surface area (Å²) < 4.78 is 5.36. The Balaban J connectivity index is 1.81. The smallest absolute Gasteiger partial charge is 0.259 e. The van der Waals surface area contributed by atoms with Crippen LogP contribution < -0.4 is 11.1 Å². The second kappa shape index (κ2) is 6.42. The molecule has 25 heavy (non-hydrogen) atoms. The first-order valence-corrected chi connectivity index (χ1v) is 8.77. The maximum atomic E-state index is 12.1. The molecule has 0 atom stereocenters. The predicted molar refractivity (Wildman–Crippen MR) is 97.2 cm³/mol. The summed E-state index contributed by atoms with van der Waals surface area (Å²) in [5.41, 5.74) is 6.87. The number of benzene rings is 1. The monoisotopic (exact) mass is 362 g/mol. The number of carbonyl (C=O) groups is 1. The standard InChI is InChI=1S/C18H23ClN4O2/c1-17(2,3)10-14(24)21-11-5-6-13(19)12(9-11)15-22-16(23-25-15)18(20)7-4-8-18/h5-6,9H,4,7-8,10,20H2,1-3H3,(H,21,24). The van der Waals surface area contributed by atoms with E-state index in [0.717, 1.165) is 19.3 Å². The van der Waals surface area contributed by atoms with E-state index in [1.165, 1.54) is 0 Å². The van der Waals surface area contributed by atoms with E-state index < -0.39 is 5.54 Å². The quantitative estimate of drug-likeness (QED) is 0.853. The highest BCUT2D eigenvalue weighted by atomic mass is 35.5. The van der Waals surface area contributed by atoms with E-state index in [1.807, 2.05) is 20.8 Å². The zero-order valence-corrected chi connectivity index (χ0v) is 15.5. The Morgan fingerprint density at radius 3 is 2.72 bits per heavy atom. The number of hydrogen-bond acceptors (Lipinski definition) is 5. The van der Waals surface area contributed by atoms with Crippen molar-refractivity contribution in [1.29, 1.82) is 0 Å². The summed E-state index contributed by atoms with van der Waals surface area (Å²) in [4.78, 5) is 16.5. The van der Waals surface area contributed by atoms with Crippen molar-refractivity contribution >= 4 is 23.2 Å². The molecule has 1 aliphatic rings. The topological polar surface area (TPSA) is 94.0 Å². The predicted octanol–water partition coefficient (Wildman–Crippen LogP) is 4.10. The molecule has 0 bridgehead atoms. The van der Waals surface area contributed by atoms with Crippen molar-refractivity contribution in [2.24, 2.45) is 11.1 Å². The molecule has 0 spiro atoms. The Hall–Kier alpha value is -1.92. The van der Waals surface area contributed by atoms with Gasteiger partial charge in [0.1, 0.15) is 0 Å². The van der Waals surface area contributed by atoms with Gasteiger partial charge in [0.15, 0.2) is 5.82 Å². The van der Waals surface area contributed by atoms with Gasteiger partial charge in [0.05, 0.1) is 16.1 Å². The summed E-state index contributed by atoms with van der Waals surface area (Å²) >= 11 is 6.27. The van der Waals surface area contributed by atoms with E-state index in [-0.39, 0.29) is 11.3 Å². The van der Waals surface area contributed by atoms with Crippen molar-refractivity contribution in [3.8, 4) is 11.5 Å². The third-order valence-electron chi connectivity index (χ3n) is 4.29. The molecule has 3 N–H and O–H groups in total. The molecule has 1 aromatic carbocycles. The molecule has 1 aliphatic carbocycles. The molecule has 0 aliphatic heterocycles. The van der Waals surface area contributed by atoms with Gasteiger partial charge >= 0.3 is 0 Å². The molecule has 0 saturated heterocycles. The van der Waals surface area contributed by atoms with E-state index in [9.17, 15) is 4.79 Å². The zero-order valence-electron chi connectivity index (χ0n) is 14.7. The Kier molecular flexibility index (Phi) is 4.60. The largest absolute Gasteiger partial charge is 0.334 e. The highest BCUT2D eigenvalue weighted by Gasteiger charge is 2.39. The van der Waals surface area contributed by atoms with Gasteiger partial charge in [-0.3, -0.25) is 4.79 Å². The van der Waals surface area contributed by atoms with Gasteiger partial charge in [-0.25, -0.2) is 0 Å². The first kappa shape index (κ1) is 17.9. The van der Waals surface area contributed by atoms with Crippen LogP contribution in [-0.2, 0) is 10.3 Å². The minimum atomic E-state index is -0.493. The molecule has 7 heteroatoms. The van der Waals surface area contributed by atoms with E-state index in [4.69, 9.17) is 21.9 Å². The fraction of sp³-hybridized carbons (Fsp3) is 0.500. The Morgan fingerprint density at radius 1 is 1.40 bits per heavy atom. The number of carbonyl (C=O) groups excluding carboxylic acids is 1. The summed E-state index contributed by atoms with van der Waals surface area (Å²) in [5, 5.41) is 7.37. The van der Waals surface area contributed by atoms with Gasteiger partial charge in [-0.15, -0.1) is 0 Å². The van der Waals surface area contributed by atoms with Crippen LogP contribution in [0.5, 0.6) is 0 Å². The van der Waals surface area contributed by atoms with Crippen molar-refractivity contribution < 1.29 is 9.32 Å². The summed E-state index contributed by atoms with van der Waals surface area (Å²) in [6.07, 6.45) is 3.19. The Bertz CT molecular complexity index is 791. The van der Waals surface area contributed by atoms with Gasteiger partial charge in [0.25, 0.3) is 5.89 Å². The zero-order chi connectivity index (χ0) is 18.2. The number of rotatable bonds is 4. The summed E-state index contributed by atoms with van der Waals surface area (Å²) in [5.74, 6) is 0.762. The summed E-state index contributed by atoms with van der Waals surface area (Å²) in [6.45, 7) is 6.05. The van der Waals surface area contributed by atoms with Crippen LogP contribution in [0.2, 0.25) is 5.02 Å². The third-order valence-corrected chi connectivity index (χ3v) is 4.62. The second-order valence-corrected chi connectivity index (χ2v) is 8.32. The van der Waals surface area contributed by atoms with Crippen molar-refractivity contribution in [2.75, 3.05) is 5.32 Å². The lowest BCUT2D eigenvalue weighted by molar-refractivity contribution is -0.117. The molecule has 1 saturated carbocycles. The molecule has 134 valence electrons. The fourth-order valence-electron chi connectivity index (χ4n) is 2.77. The molecule has 1 heterocycles. The number of nitrogens with zero attached hydrogens (tertiary/aromatic N) is 2. The number of hydrogen-bond donors (Lipinski definition) is 2. The summed E-state index contributed by atoms with van der Waals surface area (Å²) in [6, 6.07) is 5.19. The third kappa shape index (κ3) is 4.02. The Morgan fingerprint density at radius 2 is 2.12 bits per heavy atom. The summed E-state index contributed by atoms with van der Waals surface area (Å²) in [7, 11) is 0. The molecule has 0 unspecified atom stereocenters. The van der Waals surface area contributed by atoms with Crippen LogP contribution in [0.1, 0.15) is 52.3 Å². The highest BCUT2D eigenvalue weighted by molar-refractivity contribution is 6.33. The van der Waals surface area contributed by atoms with Gasteiger partial charge in [-0.05, 0) is 42.9 Å². The van der Waals surface area contributed by atoms with Crippen LogP contribution in [0.3, 0.4) is 0 Å². The molecular weight excluding hydrogens is 340 g/mol. The van der Waals surface area contributed by atoms with Crippen LogP contribution in [0.25, 0.3) is 11.5 Å². The van der Waals surface area contributed by atoms with Crippen molar-refractivity contribution in [3.05, 3.63) is 29.0 Å². The van der Waals surface area contributed by atoms with Gasteiger partial charge in [0, 0.05) is 12.1 Å². The lowest BCUT2D eigenvalue weighted by Gasteiger charge is -2.34. The molecule has 1 fully saturated rings. The molecular formula is C18H23ClN4O2. The lowest BCUT2D eigenvalue weighted by atomic mass is 9.77. The second-order valence-electron chi connectivity index (χ2n) is 7.91. The molecule has 2 aromatic rings. The van der Waals surface area contributed by atoms with E-state index in [0.29, 0.717) is 34.4 Å². The van der Waals surface area contributed by atoms with E-state index in [1.54, 1.807) is 18.2 Å². The number of halogens is 1. The van der Waals surface area contributed by atoms with Gasteiger partial charge < -0.3 is 15.6 Å². The van der Waals surface area contributed by atoms with Crippen LogP contribution in [-0.4, -0.2) is 16.0 Å². The van der Waals surface area contributed by atoms with Crippen LogP contribution >= 0.6 is 11.6 Å². The van der Waals surface area contributed by atoms with Crippen molar-refractivity contribution in [3.63, 3.8) is 0 Å². The number of nitrogens with two attached hydrogens (primary N) is 1. The number of anilines is 1. The molecule has 6 nitrogen and oxygen atoms in total. The van der Waals surface area contributed by atoms with Crippen LogP contribution in [0.15, 0.2) is 22.7 Å². The van der Waals surface area contributed by atoms with Gasteiger partial charge in [0.2, 0.25) is 5.91 Å². The van der Waals surface area contributed by atoms with Crippen molar-refractivity contribution in [1.82, 2.24) is 10.1 Å². The Labute approximate surface area is 152 Å². The van der Waals surface area contributed by atoms with Crippen LogP contribution in [0.4, 0.5) is 5.69 Å². The van der Waals surface area contributed by atoms with Crippen molar-refractivity contribution in [2.45, 2.75) is 52.0 Å². The first-order valence-electron chi connectivity index (χ1n) is 8.39. The molecule has 3 rings (SSSR count). The average Bonchev–Trinajstić information content (AvgIpc) is 2.94. The van der Waals surface area contributed by atoms with Crippen LogP contribution in [0, 0.1) is 5.41 Å². The first-order chi connectivity index (χ1) is 11.7. The maximum absolute atomic E-state index is 12.1. The average molecular weight is 363 g/mol. The number of aromatic nitrogens is 2. The van der Waals surface area contributed by atoms with Gasteiger partial charge in [-0.2, -0.15) is 4.98 Å². The normalized spacial score (nSPS) is 16.4. The van der Waals surface area contributed by atoms with Gasteiger partial charge in [-0.1, -0.05) is 37.5 Å². The fourth-order valence-corrected chi connectivity index (χ4v) is 2.97. The SMILES string of the molecule is CC(C)(C)CC(=O)Nc1ccc(Cl)c(-c2nc(C3(N)CCC3)no2)c1. The number of amides is 1. The molecule has 1 aromatic heterocycles. The van der Waals surface area contributed by atoms with E-state index in [2.05, 4.69) is 15.5 Å². The minimum absolute atomic E-state index is 0.0534. The number of nitrogens with one attached hydrogen (secondary N) is 1. The molecule has 0 radical (unpaired) electrons.